The molecule has 0 spiro atoms. The van der Waals surface area contributed by atoms with Gasteiger partial charge in [-0.15, -0.1) is 0 Å². The van der Waals surface area contributed by atoms with Crippen LogP contribution in [0.3, 0.4) is 0 Å². The molecule has 2 heterocycles. The number of benzene rings is 2. The van der Waals surface area contributed by atoms with Gasteiger partial charge >= 0.3 is 0 Å². The summed E-state index contributed by atoms with van der Waals surface area (Å²) in [6, 6.07) is 18.9. The zero-order valence-electron chi connectivity index (χ0n) is 18.3. The summed E-state index contributed by atoms with van der Waals surface area (Å²) >= 11 is 0. The smallest absolute Gasteiger partial charge is 0.193 e. The molecule has 1 aliphatic rings. The van der Waals surface area contributed by atoms with Crippen molar-refractivity contribution in [1.29, 1.82) is 0 Å². The molecule has 0 atom stereocenters. The standard InChI is InChI=1S/C25H29FN6/c1-2-19-4-3-5-22(16-19)30-25(27)29-18-20-10-11-28-24(17-20)32-14-12-31(13-15-32)23-8-6-21(26)7-9-23/h3-11,16-17H,2,12-15,18H2,1H3,(H3,27,29,30). The summed E-state index contributed by atoms with van der Waals surface area (Å²) in [5, 5.41) is 3.16. The highest BCUT2D eigenvalue weighted by Gasteiger charge is 2.18. The molecule has 1 fully saturated rings. The number of aryl methyl sites for hydroxylation is 1. The first-order valence-electron chi connectivity index (χ1n) is 11.0. The fraction of sp³-hybridized carbons (Fsp3) is 0.280. The van der Waals surface area contributed by atoms with E-state index in [0.29, 0.717) is 12.5 Å². The molecule has 0 aliphatic carbocycles. The Hall–Kier alpha value is -3.61. The molecule has 0 unspecified atom stereocenters. The number of hydrogen-bond donors (Lipinski definition) is 2. The maximum Gasteiger partial charge on any atom is 0.193 e. The van der Waals surface area contributed by atoms with E-state index in [9.17, 15) is 4.39 Å². The summed E-state index contributed by atoms with van der Waals surface area (Å²) in [7, 11) is 0. The molecule has 3 N–H and O–H groups in total. The predicted molar refractivity (Wildman–Crippen MR) is 130 cm³/mol. The van der Waals surface area contributed by atoms with Crippen LogP contribution in [-0.2, 0) is 13.0 Å². The van der Waals surface area contributed by atoms with E-state index < -0.39 is 0 Å². The van der Waals surface area contributed by atoms with Crippen LogP contribution >= 0.6 is 0 Å². The molecular weight excluding hydrogens is 403 g/mol. The summed E-state index contributed by atoms with van der Waals surface area (Å²) < 4.78 is 13.2. The van der Waals surface area contributed by atoms with Gasteiger partial charge in [0.25, 0.3) is 0 Å². The summed E-state index contributed by atoms with van der Waals surface area (Å²) in [6.45, 7) is 6.05. The monoisotopic (exact) mass is 432 g/mol. The van der Waals surface area contributed by atoms with Crippen LogP contribution in [0.25, 0.3) is 0 Å². The Bertz CT molecular complexity index is 1060. The van der Waals surface area contributed by atoms with Gasteiger partial charge in [-0.2, -0.15) is 0 Å². The Balaban J connectivity index is 1.34. The van der Waals surface area contributed by atoms with Gasteiger partial charge in [0.05, 0.1) is 6.54 Å². The maximum absolute atomic E-state index is 13.2. The Morgan fingerprint density at radius 2 is 1.75 bits per heavy atom. The topological polar surface area (TPSA) is 69.8 Å². The van der Waals surface area contributed by atoms with E-state index in [0.717, 1.165) is 55.4 Å². The number of anilines is 3. The zero-order chi connectivity index (χ0) is 22.3. The number of aliphatic imine (C=N–C) groups is 1. The van der Waals surface area contributed by atoms with Gasteiger partial charge in [-0.25, -0.2) is 14.4 Å². The molecule has 0 radical (unpaired) electrons. The van der Waals surface area contributed by atoms with Gasteiger partial charge in [-0.1, -0.05) is 19.1 Å². The fourth-order valence-corrected chi connectivity index (χ4v) is 3.81. The van der Waals surface area contributed by atoms with E-state index in [4.69, 9.17) is 5.73 Å². The Kier molecular flexibility index (Phi) is 6.84. The van der Waals surface area contributed by atoms with Crippen LogP contribution in [0.4, 0.5) is 21.6 Å². The summed E-state index contributed by atoms with van der Waals surface area (Å²) in [5.41, 5.74) is 10.4. The Labute approximate surface area is 188 Å². The molecule has 0 bridgehead atoms. The number of rotatable bonds is 6. The predicted octanol–water partition coefficient (Wildman–Crippen LogP) is 4.04. The molecule has 166 valence electrons. The van der Waals surface area contributed by atoms with Crippen molar-refractivity contribution < 1.29 is 4.39 Å². The summed E-state index contributed by atoms with van der Waals surface area (Å²) in [4.78, 5) is 13.6. The number of guanidine groups is 1. The van der Waals surface area contributed by atoms with Crippen LogP contribution in [0.1, 0.15) is 18.1 Å². The highest BCUT2D eigenvalue weighted by Crippen LogP contribution is 2.20. The SMILES string of the molecule is CCc1cccc(NC(N)=NCc2ccnc(N3CCN(c4ccc(F)cc4)CC3)c2)c1. The maximum atomic E-state index is 13.2. The number of nitrogens with zero attached hydrogens (tertiary/aromatic N) is 4. The Morgan fingerprint density at radius 3 is 2.50 bits per heavy atom. The van der Waals surface area contributed by atoms with Crippen molar-refractivity contribution in [3.63, 3.8) is 0 Å². The van der Waals surface area contributed by atoms with Crippen molar-refractivity contribution in [1.82, 2.24) is 4.98 Å². The van der Waals surface area contributed by atoms with Crippen molar-refractivity contribution >= 4 is 23.2 Å². The molecule has 0 amide bonds. The van der Waals surface area contributed by atoms with Crippen LogP contribution in [0.2, 0.25) is 0 Å². The summed E-state index contributed by atoms with van der Waals surface area (Å²) in [6.07, 6.45) is 2.80. The van der Waals surface area contributed by atoms with Crippen molar-refractivity contribution in [2.45, 2.75) is 19.9 Å². The lowest BCUT2D eigenvalue weighted by Crippen LogP contribution is -2.46. The minimum atomic E-state index is -0.207. The first-order chi connectivity index (χ1) is 15.6. The first kappa shape index (κ1) is 21.6. The van der Waals surface area contributed by atoms with Crippen molar-refractivity contribution in [3.8, 4) is 0 Å². The third-order valence-corrected chi connectivity index (χ3v) is 5.64. The van der Waals surface area contributed by atoms with E-state index in [1.54, 1.807) is 0 Å². The third kappa shape index (κ3) is 5.55. The van der Waals surface area contributed by atoms with Crippen LogP contribution in [-0.4, -0.2) is 37.1 Å². The second-order valence-electron chi connectivity index (χ2n) is 7.85. The van der Waals surface area contributed by atoms with E-state index in [2.05, 4.69) is 50.2 Å². The average molecular weight is 433 g/mol. The number of nitrogens with one attached hydrogen (secondary N) is 1. The van der Waals surface area contributed by atoms with Gasteiger partial charge in [0.1, 0.15) is 11.6 Å². The first-order valence-corrected chi connectivity index (χ1v) is 11.0. The van der Waals surface area contributed by atoms with Crippen molar-refractivity contribution in [2.24, 2.45) is 10.7 Å². The second-order valence-corrected chi connectivity index (χ2v) is 7.85. The van der Waals surface area contributed by atoms with E-state index in [-0.39, 0.29) is 5.82 Å². The van der Waals surface area contributed by atoms with Gasteiger partial charge in [0.15, 0.2) is 5.96 Å². The largest absolute Gasteiger partial charge is 0.370 e. The Morgan fingerprint density at radius 1 is 1.00 bits per heavy atom. The average Bonchev–Trinajstić information content (AvgIpc) is 2.84. The van der Waals surface area contributed by atoms with Gasteiger partial charge in [0.2, 0.25) is 0 Å². The second kappa shape index (κ2) is 10.1. The molecule has 0 saturated carbocycles. The fourth-order valence-electron chi connectivity index (χ4n) is 3.81. The highest BCUT2D eigenvalue weighted by molar-refractivity contribution is 5.92. The number of piperazine rings is 1. The number of hydrogen-bond acceptors (Lipinski definition) is 4. The van der Waals surface area contributed by atoms with Gasteiger partial charge in [-0.05, 0) is 66.1 Å². The van der Waals surface area contributed by atoms with Crippen LogP contribution < -0.4 is 20.9 Å². The zero-order valence-corrected chi connectivity index (χ0v) is 18.3. The number of pyridine rings is 1. The minimum absolute atomic E-state index is 0.207. The van der Waals surface area contributed by atoms with Gasteiger partial charge < -0.3 is 20.9 Å². The summed E-state index contributed by atoms with van der Waals surface area (Å²) in [5.74, 6) is 1.13. The molecule has 1 aliphatic heterocycles. The normalized spacial score (nSPS) is 14.5. The number of aromatic nitrogens is 1. The molecule has 4 rings (SSSR count). The molecule has 7 heteroatoms. The van der Waals surface area contributed by atoms with E-state index >= 15 is 0 Å². The minimum Gasteiger partial charge on any atom is -0.370 e. The molecule has 1 aromatic heterocycles. The molecule has 2 aromatic carbocycles. The quantitative estimate of drug-likeness (QED) is 0.455. The van der Waals surface area contributed by atoms with Crippen LogP contribution in [0.15, 0.2) is 71.9 Å². The molecule has 6 nitrogen and oxygen atoms in total. The molecular formula is C25H29FN6. The molecule has 1 saturated heterocycles. The van der Waals surface area contributed by atoms with E-state index in [1.807, 2.05) is 36.5 Å². The van der Waals surface area contributed by atoms with E-state index in [1.165, 1.54) is 17.7 Å². The van der Waals surface area contributed by atoms with Crippen molar-refractivity contribution in [2.75, 3.05) is 41.3 Å². The van der Waals surface area contributed by atoms with Gasteiger partial charge in [0, 0.05) is 43.8 Å². The van der Waals surface area contributed by atoms with Crippen LogP contribution in [0, 0.1) is 5.82 Å². The number of halogens is 1. The van der Waals surface area contributed by atoms with Crippen LogP contribution in [0.5, 0.6) is 0 Å². The number of nitrogens with two attached hydrogens (primary N) is 1. The lowest BCUT2D eigenvalue weighted by molar-refractivity contribution is 0.624. The van der Waals surface area contributed by atoms with Gasteiger partial charge in [-0.3, -0.25) is 0 Å². The third-order valence-electron chi connectivity index (χ3n) is 5.64. The van der Waals surface area contributed by atoms with Crippen molar-refractivity contribution in [3.05, 3.63) is 83.8 Å². The molecule has 32 heavy (non-hydrogen) atoms. The lowest BCUT2D eigenvalue weighted by atomic mass is 10.1. The lowest BCUT2D eigenvalue weighted by Gasteiger charge is -2.36. The molecule has 3 aromatic rings. The highest BCUT2D eigenvalue weighted by atomic mass is 19.1.